The second kappa shape index (κ2) is 6.50. The molecule has 1 aromatic heterocycles. The lowest BCUT2D eigenvalue weighted by Crippen LogP contribution is -2.30. The van der Waals surface area contributed by atoms with E-state index in [1.165, 1.54) is 0 Å². The summed E-state index contributed by atoms with van der Waals surface area (Å²) < 4.78 is 0. The van der Waals surface area contributed by atoms with Crippen molar-refractivity contribution in [3.05, 3.63) is 29.6 Å². The molecule has 1 aliphatic rings. The van der Waals surface area contributed by atoms with Crippen LogP contribution in [-0.2, 0) is 11.3 Å². The quantitative estimate of drug-likeness (QED) is 0.802. The number of carbonyl (C=O) groups is 1. The Morgan fingerprint density at radius 1 is 1.39 bits per heavy atom. The average molecular weight is 247 g/mol. The van der Waals surface area contributed by atoms with Gasteiger partial charge < -0.3 is 10.2 Å². The maximum atomic E-state index is 11.8. The highest BCUT2D eigenvalue weighted by Gasteiger charge is 2.16. The van der Waals surface area contributed by atoms with E-state index in [9.17, 15) is 4.79 Å². The number of rotatable bonds is 5. The Morgan fingerprint density at radius 2 is 2.17 bits per heavy atom. The molecule has 0 unspecified atom stereocenters. The molecule has 0 aromatic carbocycles. The summed E-state index contributed by atoms with van der Waals surface area (Å²) in [4.78, 5) is 18.2. The number of nitrogens with zero attached hydrogens (tertiary/aromatic N) is 2. The summed E-state index contributed by atoms with van der Waals surface area (Å²) >= 11 is 0. The molecule has 0 spiro atoms. The van der Waals surface area contributed by atoms with Gasteiger partial charge in [-0.1, -0.05) is 6.07 Å². The van der Waals surface area contributed by atoms with Gasteiger partial charge in [0.1, 0.15) is 0 Å². The highest BCUT2D eigenvalue weighted by atomic mass is 16.2. The van der Waals surface area contributed by atoms with E-state index < -0.39 is 0 Å². The molecule has 0 bridgehead atoms. The third-order valence-corrected chi connectivity index (χ3v) is 3.23. The Morgan fingerprint density at radius 3 is 2.89 bits per heavy atom. The number of aromatic nitrogens is 1. The number of nitrogens with one attached hydrogen (secondary N) is 1. The highest BCUT2D eigenvalue weighted by molar-refractivity contribution is 5.76. The molecule has 1 aliphatic heterocycles. The van der Waals surface area contributed by atoms with E-state index >= 15 is 0 Å². The van der Waals surface area contributed by atoms with Gasteiger partial charge in [0.25, 0.3) is 0 Å². The minimum absolute atomic E-state index is 0.275. The lowest BCUT2D eigenvalue weighted by Gasteiger charge is -2.15. The summed E-state index contributed by atoms with van der Waals surface area (Å²) in [6.45, 7) is 5.33. The SMILES string of the molecule is Cc1cccc(CNCCC(=O)N2CCCC2)n1. The molecule has 1 aromatic rings. The molecule has 4 heteroatoms. The fourth-order valence-corrected chi connectivity index (χ4v) is 2.23. The van der Waals surface area contributed by atoms with Crippen molar-refractivity contribution in [1.82, 2.24) is 15.2 Å². The first-order valence-electron chi connectivity index (χ1n) is 6.67. The van der Waals surface area contributed by atoms with Crippen molar-refractivity contribution in [2.24, 2.45) is 0 Å². The van der Waals surface area contributed by atoms with Crippen molar-refractivity contribution >= 4 is 5.91 Å². The minimum Gasteiger partial charge on any atom is -0.343 e. The van der Waals surface area contributed by atoms with E-state index in [2.05, 4.69) is 10.3 Å². The number of likely N-dealkylation sites (tertiary alicyclic amines) is 1. The van der Waals surface area contributed by atoms with Gasteiger partial charge in [-0.3, -0.25) is 9.78 Å². The monoisotopic (exact) mass is 247 g/mol. The third kappa shape index (κ3) is 3.81. The number of amides is 1. The predicted octanol–water partition coefficient (Wildman–Crippen LogP) is 1.49. The van der Waals surface area contributed by atoms with Crippen LogP contribution in [0.3, 0.4) is 0 Å². The van der Waals surface area contributed by atoms with E-state index in [4.69, 9.17) is 0 Å². The van der Waals surface area contributed by atoms with Crippen LogP contribution >= 0.6 is 0 Å². The Bertz CT molecular complexity index is 400. The smallest absolute Gasteiger partial charge is 0.223 e. The van der Waals surface area contributed by atoms with Crippen molar-refractivity contribution in [1.29, 1.82) is 0 Å². The summed E-state index contributed by atoms with van der Waals surface area (Å²) in [5.74, 6) is 0.275. The molecule has 4 nitrogen and oxygen atoms in total. The van der Waals surface area contributed by atoms with Gasteiger partial charge in [-0.2, -0.15) is 0 Å². The lowest BCUT2D eigenvalue weighted by atomic mass is 10.3. The second-order valence-electron chi connectivity index (χ2n) is 4.78. The van der Waals surface area contributed by atoms with Crippen LogP contribution in [0.5, 0.6) is 0 Å². The summed E-state index contributed by atoms with van der Waals surface area (Å²) in [6, 6.07) is 6.00. The zero-order chi connectivity index (χ0) is 12.8. The summed E-state index contributed by atoms with van der Waals surface area (Å²) in [5, 5.41) is 3.27. The Kier molecular flexibility index (Phi) is 4.70. The first kappa shape index (κ1) is 13.0. The molecular formula is C14H21N3O. The first-order chi connectivity index (χ1) is 8.75. The van der Waals surface area contributed by atoms with Gasteiger partial charge in [0, 0.05) is 38.3 Å². The van der Waals surface area contributed by atoms with Crippen molar-refractivity contribution in [2.45, 2.75) is 32.7 Å². The summed E-state index contributed by atoms with van der Waals surface area (Å²) in [7, 11) is 0. The first-order valence-corrected chi connectivity index (χ1v) is 6.67. The molecule has 0 radical (unpaired) electrons. The molecule has 18 heavy (non-hydrogen) atoms. The Labute approximate surface area is 108 Å². The molecule has 0 atom stereocenters. The van der Waals surface area contributed by atoms with Crippen LogP contribution in [0, 0.1) is 6.92 Å². The molecule has 98 valence electrons. The maximum absolute atomic E-state index is 11.8. The van der Waals surface area contributed by atoms with Crippen LogP contribution in [0.1, 0.15) is 30.7 Å². The van der Waals surface area contributed by atoms with Crippen molar-refractivity contribution in [2.75, 3.05) is 19.6 Å². The Balaban J connectivity index is 1.65. The fourth-order valence-electron chi connectivity index (χ4n) is 2.23. The molecular weight excluding hydrogens is 226 g/mol. The van der Waals surface area contributed by atoms with Crippen LogP contribution in [0.4, 0.5) is 0 Å². The average Bonchev–Trinajstić information content (AvgIpc) is 2.88. The predicted molar refractivity (Wildman–Crippen MR) is 71.1 cm³/mol. The standard InChI is InChI=1S/C14H21N3O/c1-12-5-4-6-13(16-12)11-15-8-7-14(18)17-9-2-3-10-17/h4-6,15H,2-3,7-11H2,1H3. The zero-order valence-electron chi connectivity index (χ0n) is 11.0. The van der Waals surface area contributed by atoms with Crippen molar-refractivity contribution in [3.63, 3.8) is 0 Å². The number of aryl methyl sites for hydroxylation is 1. The van der Waals surface area contributed by atoms with E-state index in [0.29, 0.717) is 6.42 Å². The van der Waals surface area contributed by atoms with Gasteiger partial charge in [0.05, 0.1) is 5.69 Å². The van der Waals surface area contributed by atoms with Crippen LogP contribution in [0.15, 0.2) is 18.2 Å². The largest absolute Gasteiger partial charge is 0.343 e. The second-order valence-corrected chi connectivity index (χ2v) is 4.78. The van der Waals surface area contributed by atoms with E-state index in [-0.39, 0.29) is 5.91 Å². The lowest BCUT2D eigenvalue weighted by molar-refractivity contribution is -0.130. The number of hydrogen-bond donors (Lipinski definition) is 1. The molecule has 2 rings (SSSR count). The van der Waals surface area contributed by atoms with Gasteiger partial charge in [0.2, 0.25) is 5.91 Å². The van der Waals surface area contributed by atoms with Crippen LogP contribution in [0.25, 0.3) is 0 Å². The van der Waals surface area contributed by atoms with Crippen molar-refractivity contribution in [3.8, 4) is 0 Å². The van der Waals surface area contributed by atoms with Gasteiger partial charge >= 0.3 is 0 Å². The number of pyridine rings is 1. The zero-order valence-corrected chi connectivity index (χ0v) is 11.0. The number of hydrogen-bond acceptors (Lipinski definition) is 3. The highest BCUT2D eigenvalue weighted by Crippen LogP contribution is 2.08. The van der Waals surface area contributed by atoms with E-state index in [1.807, 2.05) is 30.0 Å². The van der Waals surface area contributed by atoms with Crippen LogP contribution in [-0.4, -0.2) is 35.4 Å². The van der Waals surface area contributed by atoms with Gasteiger partial charge in [-0.25, -0.2) is 0 Å². The van der Waals surface area contributed by atoms with Gasteiger partial charge in [-0.15, -0.1) is 0 Å². The van der Waals surface area contributed by atoms with E-state index in [1.54, 1.807) is 0 Å². The topological polar surface area (TPSA) is 45.2 Å². The Hall–Kier alpha value is -1.42. The number of carbonyl (C=O) groups excluding carboxylic acids is 1. The minimum atomic E-state index is 0.275. The third-order valence-electron chi connectivity index (χ3n) is 3.23. The van der Waals surface area contributed by atoms with Gasteiger partial charge in [-0.05, 0) is 31.9 Å². The molecule has 0 saturated carbocycles. The molecule has 0 aliphatic carbocycles. The summed E-state index contributed by atoms with van der Waals surface area (Å²) in [5.41, 5.74) is 2.06. The van der Waals surface area contributed by atoms with Crippen LogP contribution < -0.4 is 5.32 Å². The normalized spacial score (nSPS) is 15.1. The molecule has 1 amide bonds. The molecule has 1 fully saturated rings. The summed E-state index contributed by atoms with van der Waals surface area (Å²) in [6.07, 6.45) is 2.91. The molecule has 1 N–H and O–H groups in total. The fraction of sp³-hybridized carbons (Fsp3) is 0.571. The van der Waals surface area contributed by atoms with Crippen molar-refractivity contribution < 1.29 is 4.79 Å². The maximum Gasteiger partial charge on any atom is 0.223 e. The van der Waals surface area contributed by atoms with Crippen LogP contribution in [0.2, 0.25) is 0 Å². The molecule has 2 heterocycles. The van der Waals surface area contributed by atoms with Gasteiger partial charge in [0.15, 0.2) is 0 Å². The molecule has 1 saturated heterocycles. The van der Waals surface area contributed by atoms with E-state index in [0.717, 1.165) is 50.4 Å².